The molecule has 1 N–H and O–H groups in total. The summed E-state index contributed by atoms with van der Waals surface area (Å²) in [5.74, 6) is 2.67. The van der Waals surface area contributed by atoms with Crippen molar-refractivity contribution in [1.82, 2.24) is 20.1 Å². The zero-order valence-electron chi connectivity index (χ0n) is 14.8. The van der Waals surface area contributed by atoms with Gasteiger partial charge in [0.15, 0.2) is 0 Å². The van der Waals surface area contributed by atoms with E-state index in [9.17, 15) is 0 Å². The molecule has 1 atom stereocenters. The van der Waals surface area contributed by atoms with Gasteiger partial charge in [-0.25, -0.2) is 0 Å². The monoisotopic (exact) mass is 348 g/mol. The topological polar surface area (TPSA) is 52.0 Å². The van der Waals surface area contributed by atoms with Crippen molar-refractivity contribution in [2.45, 2.75) is 32.5 Å². The van der Waals surface area contributed by atoms with Crippen molar-refractivity contribution in [2.24, 2.45) is 5.92 Å². The van der Waals surface area contributed by atoms with E-state index < -0.39 is 0 Å². The predicted molar refractivity (Wildman–Crippen MR) is 101 cm³/mol. The van der Waals surface area contributed by atoms with Gasteiger partial charge in [0.25, 0.3) is 0 Å². The summed E-state index contributed by atoms with van der Waals surface area (Å²) < 4.78 is 8.01. The van der Waals surface area contributed by atoms with Crippen molar-refractivity contribution in [1.29, 1.82) is 0 Å². The van der Waals surface area contributed by atoms with Crippen molar-refractivity contribution in [3.8, 4) is 5.75 Å². The number of fused-ring (bicyclic) bond motifs is 1. The molecule has 1 aromatic heterocycles. The molecule has 5 heteroatoms. The smallest absolute Gasteiger partial charge is 0.132 e. The molecular formula is C21H24N4O. The fourth-order valence-corrected chi connectivity index (χ4v) is 3.36. The minimum atomic E-state index is 0.602. The SMILES string of the molecule is c1ccc(COc2ccc(CNC[C@H]3CCc4nncn4C3)cc2)cc1. The fraction of sp³-hybridized carbons (Fsp3) is 0.333. The van der Waals surface area contributed by atoms with Crippen LogP contribution in [0.4, 0.5) is 0 Å². The molecule has 0 amide bonds. The number of hydrogen-bond acceptors (Lipinski definition) is 4. The highest BCUT2D eigenvalue weighted by Gasteiger charge is 2.18. The second-order valence-electron chi connectivity index (χ2n) is 6.85. The van der Waals surface area contributed by atoms with Crippen LogP contribution in [-0.4, -0.2) is 21.3 Å². The lowest BCUT2D eigenvalue weighted by molar-refractivity contribution is 0.306. The van der Waals surface area contributed by atoms with Gasteiger partial charge in [-0.2, -0.15) is 0 Å². The van der Waals surface area contributed by atoms with Crippen LogP contribution in [-0.2, 0) is 26.1 Å². The van der Waals surface area contributed by atoms with Crippen LogP contribution >= 0.6 is 0 Å². The molecule has 1 aliphatic rings. The van der Waals surface area contributed by atoms with Gasteiger partial charge >= 0.3 is 0 Å². The van der Waals surface area contributed by atoms with E-state index in [2.05, 4.69) is 44.3 Å². The third-order valence-corrected chi connectivity index (χ3v) is 4.86. The molecule has 26 heavy (non-hydrogen) atoms. The molecule has 3 aromatic rings. The Morgan fingerprint density at radius 3 is 2.73 bits per heavy atom. The summed E-state index contributed by atoms with van der Waals surface area (Å²) in [7, 11) is 0. The molecule has 0 bridgehead atoms. The zero-order chi connectivity index (χ0) is 17.6. The summed E-state index contributed by atoms with van der Waals surface area (Å²) in [4.78, 5) is 0. The van der Waals surface area contributed by atoms with E-state index in [1.54, 1.807) is 0 Å². The lowest BCUT2D eigenvalue weighted by atomic mass is 9.99. The van der Waals surface area contributed by atoms with Gasteiger partial charge in [0, 0.05) is 19.5 Å². The lowest BCUT2D eigenvalue weighted by Crippen LogP contribution is -2.29. The predicted octanol–water partition coefficient (Wildman–Crippen LogP) is 3.21. The van der Waals surface area contributed by atoms with E-state index in [4.69, 9.17) is 4.74 Å². The van der Waals surface area contributed by atoms with E-state index in [0.29, 0.717) is 12.5 Å². The molecule has 2 aromatic carbocycles. The minimum Gasteiger partial charge on any atom is -0.489 e. The standard InChI is InChI=1S/C21H24N4O/c1-2-4-18(5-3-1)15-26-20-9-6-17(7-10-20)12-22-13-19-8-11-21-24-23-16-25(21)14-19/h1-7,9-10,16,19,22H,8,11-15H2/t19-/m1/s1. The van der Waals surface area contributed by atoms with Gasteiger partial charge in [-0.3, -0.25) is 0 Å². The molecule has 0 spiro atoms. The van der Waals surface area contributed by atoms with Gasteiger partial charge in [-0.1, -0.05) is 42.5 Å². The minimum absolute atomic E-state index is 0.602. The Bertz CT molecular complexity index is 814. The number of nitrogens with one attached hydrogen (secondary N) is 1. The number of hydrogen-bond donors (Lipinski definition) is 1. The van der Waals surface area contributed by atoms with Crippen LogP contribution in [0.15, 0.2) is 60.9 Å². The Balaban J connectivity index is 1.21. The van der Waals surface area contributed by atoms with Crippen molar-refractivity contribution < 1.29 is 4.74 Å². The number of nitrogens with zero attached hydrogens (tertiary/aromatic N) is 3. The highest BCUT2D eigenvalue weighted by Crippen LogP contribution is 2.18. The van der Waals surface area contributed by atoms with Crippen LogP contribution in [0.2, 0.25) is 0 Å². The summed E-state index contributed by atoms with van der Waals surface area (Å²) in [6.07, 6.45) is 4.05. The molecule has 0 radical (unpaired) electrons. The van der Waals surface area contributed by atoms with Crippen LogP contribution in [0, 0.1) is 5.92 Å². The first-order valence-electron chi connectivity index (χ1n) is 9.20. The quantitative estimate of drug-likeness (QED) is 0.712. The summed E-state index contributed by atoms with van der Waals surface area (Å²) >= 11 is 0. The molecule has 2 heterocycles. The molecule has 0 saturated heterocycles. The third-order valence-electron chi connectivity index (χ3n) is 4.86. The highest BCUT2D eigenvalue weighted by molar-refractivity contribution is 5.27. The van der Waals surface area contributed by atoms with Gasteiger partial charge in [0.2, 0.25) is 0 Å². The van der Waals surface area contributed by atoms with Gasteiger partial charge in [0.1, 0.15) is 24.5 Å². The van der Waals surface area contributed by atoms with Crippen LogP contribution in [0.5, 0.6) is 5.75 Å². The van der Waals surface area contributed by atoms with Gasteiger partial charge in [0.05, 0.1) is 0 Å². The summed E-state index contributed by atoms with van der Waals surface area (Å²) in [5.41, 5.74) is 2.46. The van der Waals surface area contributed by atoms with Crippen molar-refractivity contribution >= 4 is 0 Å². The zero-order valence-corrected chi connectivity index (χ0v) is 14.8. The normalized spacial score (nSPS) is 16.2. The van der Waals surface area contributed by atoms with Crippen molar-refractivity contribution in [2.75, 3.05) is 6.54 Å². The van der Waals surface area contributed by atoms with Crippen LogP contribution in [0.1, 0.15) is 23.4 Å². The van der Waals surface area contributed by atoms with E-state index in [1.807, 2.05) is 36.7 Å². The van der Waals surface area contributed by atoms with E-state index in [-0.39, 0.29) is 0 Å². The first-order chi connectivity index (χ1) is 12.9. The number of ether oxygens (including phenoxy) is 1. The summed E-state index contributed by atoms with van der Waals surface area (Å²) in [6, 6.07) is 18.6. The van der Waals surface area contributed by atoms with Crippen LogP contribution in [0.3, 0.4) is 0 Å². The first-order valence-corrected chi connectivity index (χ1v) is 9.20. The molecule has 134 valence electrons. The molecule has 0 aliphatic carbocycles. The Morgan fingerprint density at radius 1 is 1.04 bits per heavy atom. The molecule has 4 rings (SSSR count). The van der Waals surface area contributed by atoms with Gasteiger partial charge in [-0.15, -0.1) is 10.2 Å². The second kappa shape index (κ2) is 8.15. The van der Waals surface area contributed by atoms with E-state index in [1.165, 1.54) is 17.5 Å². The molecule has 0 fully saturated rings. The Labute approximate surface area is 154 Å². The number of benzene rings is 2. The second-order valence-corrected chi connectivity index (χ2v) is 6.85. The van der Waals surface area contributed by atoms with Crippen LogP contribution < -0.4 is 10.1 Å². The largest absolute Gasteiger partial charge is 0.489 e. The van der Waals surface area contributed by atoms with E-state index in [0.717, 1.165) is 37.6 Å². The maximum absolute atomic E-state index is 5.84. The maximum atomic E-state index is 5.84. The highest BCUT2D eigenvalue weighted by atomic mass is 16.5. The fourth-order valence-electron chi connectivity index (χ4n) is 3.36. The molecule has 0 unspecified atom stereocenters. The van der Waals surface area contributed by atoms with Gasteiger partial charge < -0.3 is 14.6 Å². The molecule has 0 saturated carbocycles. The van der Waals surface area contributed by atoms with Crippen molar-refractivity contribution in [3.05, 3.63) is 77.9 Å². The summed E-state index contributed by atoms with van der Waals surface area (Å²) in [5, 5.41) is 11.7. The van der Waals surface area contributed by atoms with E-state index >= 15 is 0 Å². The summed E-state index contributed by atoms with van der Waals surface area (Å²) in [6.45, 7) is 3.52. The lowest BCUT2D eigenvalue weighted by Gasteiger charge is -2.23. The number of aromatic nitrogens is 3. The number of rotatable bonds is 7. The average molecular weight is 348 g/mol. The van der Waals surface area contributed by atoms with Crippen LogP contribution in [0.25, 0.3) is 0 Å². The average Bonchev–Trinajstić information content (AvgIpc) is 3.16. The maximum Gasteiger partial charge on any atom is 0.132 e. The Hall–Kier alpha value is -2.66. The molecule has 1 aliphatic heterocycles. The first kappa shape index (κ1) is 16.8. The third kappa shape index (κ3) is 4.29. The van der Waals surface area contributed by atoms with Crippen molar-refractivity contribution in [3.63, 3.8) is 0 Å². The molecular weight excluding hydrogens is 324 g/mol. The Kier molecular flexibility index (Phi) is 5.26. The number of aryl methyl sites for hydroxylation is 1. The van der Waals surface area contributed by atoms with Gasteiger partial charge in [-0.05, 0) is 42.1 Å². The molecule has 5 nitrogen and oxygen atoms in total. The Morgan fingerprint density at radius 2 is 1.88 bits per heavy atom.